The molecule has 0 saturated heterocycles. The van der Waals surface area contributed by atoms with Crippen LogP contribution in [-0.4, -0.2) is 9.97 Å². The number of halogens is 1. The van der Waals surface area contributed by atoms with Crippen molar-refractivity contribution in [3.05, 3.63) is 50.1 Å². The molecule has 1 heterocycles. The molecule has 0 atom stereocenters. The first kappa shape index (κ1) is 11.7. The number of nitrogens with zero attached hydrogens (tertiary/aromatic N) is 1. The number of aromatic nitrogens is 2. The summed E-state index contributed by atoms with van der Waals surface area (Å²) in [6.07, 6.45) is 2.19. The minimum atomic E-state index is -0.159. The average Bonchev–Trinajstić information content (AvgIpc) is 3.15. The molecular weight excluding hydrogens is 343 g/mol. The Kier molecular flexibility index (Phi) is 3.07. The molecule has 1 aromatic carbocycles. The smallest absolute Gasteiger partial charge is 0.254 e. The summed E-state index contributed by atoms with van der Waals surface area (Å²) in [5, 5.41) is 0. The van der Waals surface area contributed by atoms with Gasteiger partial charge in [-0.3, -0.25) is 4.79 Å². The standard InChI is InChI=1S/C13H11IN2O2/c14-9-3-1-2-4-10(9)18-12-7-11(17)15-13(16-12)8-5-6-8/h1-4,7-8H,5-6H2,(H,15,16,17). The lowest BCUT2D eigenvalue weighted by Gasteiger charge is -2.07. The molecule has 0 radical (unpaired) electrons. The van der Waals surface area contributed by atoms with Gasteiger partial charge >= 0.3 is 0 Å². The van der Waals surface area contributed by atoms with Crippen molar-refractivity contribution in [1.82, 2.24) is 9.97 Å². The van der Waals surface area contributed by atoms with Gasteiger partial charge in [0.1, 0.15) is 11.6 Å². The molecule has 1 saturated carbocycles. The number of benzene rings is 1. The number of rotatable bonds is 3. The van der Waals surface area contributed by atoms with E-state index < -0.39 is 0 Å². The molecule has 0 aliphatic heterocycles. The van der Waals surface area contributed by atoms with Crippen molar-refractivity contribution in [2.24, 2.45) is 0 Å². The maximum atomic E-state index is 11.5. The highest BCUT2D eigenvalue weighted by molar-refractivity contribution is 14.1. The third kappa shape index (κ3) is 2.55. The van der Waals surface area contributed by atoms with E-state index in [0.717, 1.165) is 28.0 Å². The Hall–Kier alpha value is -1.37. The second-order valence-electron chi connectivity index (χ2n) is 4.28. The maximum absolute atomic E-state index is 11.5. The number of nitrogens with one attached hydrogen (secondary N) is 1. The number of ether oxygens (including phenoxy) is 1. The molecule has 0 bridgehead atoms. The molecular formula is C13H11IN2O2. The lowest BCUT2D eigenvalue weighted by molar-refractivity contribution is 0.454. The fourth-order valence-electron chi connectivity index (χ4n) is 1.70. The van der Waals surface area contributed by atoms with Gasteiger partial charge in [0.2, 0.25) is 5.88 Å². The number of H-pyrrole nitrogens is 1. The zero-order chi connectivity index (χ0) is 12.5. The number of para-hydroxylation sites is 1. The summed E-state index contributed by atoms with van der Waals surface area (Å²) in [4.78, 5) is 18.7. The van der Waals surface area contributed by atoms with Gasteiger partial charge in [-0.15, -0.1) is 0 Å². The van der Waals surface area contributed by atoms with E-state index in [0.29, 0.717) is 11.8 Å². The number of hydrogen-bond acceptors (Lipinski definition) is 3. The van der Waals surface area contributed by atoms with Gasteiger partial charge in [0.25, 0.3) is 5.56 Å². The van der Waals surface area contributed by atoms with Gasteiger partial charge < -0.3 is 9.72 Å². The lowest BCUT2D eigenvalue weighted by Crippen LogP contribution is -2.10. The summed E-state index contributed by atoms with van der Waals surface area (Å²) in [6, 6.07) is 9.03. The maximum Gasteiger partial charge on any atom is 0.254 e. The largest absolute Gasteiger partial charge is 0.438 e. The molecule has 0 spiro atoms. The lowest BCUT2D eigenvalue weighted by atomic mass is 10.3. The molecule has 1 aliphatic rings. The van der Waals surface area contributed by atoms with E-state index in [9.17, 15) is 4.79 Å². The van der Waals surface area contributed by atoms with Crippen molar-refractivity contribution in [3.8, 4) is 11.6 Å². The van der Waals surface area contributed by atoms with Gasteiger partial charge in [0.05, 0.1) is 9.64 Å². The van der Waals surface area contributed by atoms with Crippen LogP contribution >= 0.6 is 22.6 Å². The van der Waals surface area contributed by atoms with E-state index in [2.05, 4.69) is 32.6 Å². The average molecular weight is 354 g/mol. The van der Waals surface area contributed by atoms with Crippen LogP contribution in [-0.2, 0) is 0 Å². The summed E-state index contributed by atoms with van der Waals surface area (Å²) >= 11 is 2.19. The summed E-state index contributed by atoms with van der Waals surface area (Å²) in [7, 11) is 0. The fraction of sp³-hybridized carbons (Fsp3) is 0.231. The predicted octanol–water partition coefficient (Wildman–Crippen LogP) is 3.04. The Morgan fingerprint density at radius 1 is 1.33 bits per heavy atom. The molecule has 0 unspecified atom stereocenters. The van der Waals surface area contributed by atoms with Crippen LogP contribution in [0.15, 0.2) is 35.1 Å². The van der Waals surface area contributed by atoms with E-state index in [1.807, 2.05) is 24.3 Å². The van der Waals surface area contributed by atoms with Crippen LogP contribution < -0.4 is 10.3 Å². The molecule has 1 aliphatic carbocycles. The Bertz CT molecular complexity index is 635. The molecule has 0 amide bonds. The SMILES string of the molecule is O=c1cc(Oc2ccccc2I)nc(C2CC2)[nH]1. The summed E-state index contributed by atoms with van der Waals surface area (Å²) < 4.78 is 6.66. The van der Waals surface area contributed by atoms with Gasteiger partial charge in [-0.05, 0) is 47.6 Å². The zero-order valence-electron chi connectivity index (χ0n) is 9.52. The summed E-state index contributed by atoms with van der Waals surface area (Å²) in [5.41, 5.74) is -0.159. The second kappa shape index (κ2) is 4.72. The van der Waals surface area contributed by atoms with E-state index >= 15 is 0 Å². The van der Waals surface area contributed by atoms with Crippen molar-refractivity contribution >= 4 is 22.6 Å². The predicted molar refractivity (Wildman–Crippen MR) is 76.1 cm³/mol. The first-order chi connectivity index (χ1) is 8.72. The van der Waals surface area contributed by atoms with Crippen LogP contribution in [0.25, 0.3) is 0 Å². The van der Waals surface area contributed by atoms with Crippen LogP contribution in [0.4, 0.5) is 0 Å². The topological polar surface area (TPSA) is 55.0 Å². The van der Waals surface area contributed by atoms with Gasteiger partial charge in [-0.25, -0.2) is 0 Å². The van der Waals surface area contributed by atoms with Crippen molar-refractivity contribution < 1.29 is 4.74 Å². The van der Waals surface area contributed by atoms with Crippen LogP contribution in [0.3, 0.4) is 0 Å². The van der Waals surface area contributed by atoms with Crippen molar-refractivity contribution in [2.75, 3.05) is 0 Å². The number of hydrogen-bond donors (Lipinski definition) is 1. The molecule has 3 rings (SSSR count). The van der Waals surface area contributed by atoms with E-state index in [1.54, 1.807) is 0 Å². The molecule has 1 fully saturated rings. The van der Waals surface area contributed by atoms with Crippen molar-refractivity contribution in [1.29, 1.82) is 0 Å². The first-order valence-corrected chi connectivity index (χ1v) is 6.84. The molecule has 1 N–H and O–H groups in total. The highest BCUT2D eigenvalue weighted by Gasteiger charge is 2.26. The summed E-state index contributed by atoms with van der Waals surface area (Å²) in [6.45, 7) is 0. The monoisotopic (exact) mass is 354 g/mol. The highest BCUT2D eigenvalue weighted by Crippen LogP contribution is 2.38. The molecule has 18 heavy (non-hydrogen) atoms. The van der Waals surface area contributed by atoms with Gasteiger partial charge in [0.15, 0.2) is 0 Å². The Morgan fingerprint density at radius 2 is 2.11 bits per heavy atom. The van der Waals surface area contributed by atoms with Crippen molar-refractivity contribution in [2.45, 2.75) is 18.8 Å². The van der Waals surface area contributed by atoms with Crippen LogP contribution in [0.1, 0.15) is 24.6 Å². The van der Waals surface area contributed by atoms with Gasteiger partial charge in [0, 0.05) is 5.92 Å². The zero-order valence-corrected chi connectivity index (χ0v) is 11.7. The molecule has 5 heteroatoms. The molecule has 2 aromatic rings. The Morgan fingerprint density at radius 3 is 2.83 bits per heavy atom. The highest BCUT2D eigenvalue weighted by atomic mass is 127. The third-order valence-corrected chi connectivity index (χ3v) is 3.64. The molecule has 4 nitrogen and oxygen atoms in total. The first-order valence-electron chi connectivity index (χ1n) is 5.76. The van der Waals surface area contributed by atoms with E-state index in [1.165, 1.54) is 6.07 Å². The minimum Gasteiger partial charge on any atom is -0.438 e. The molecule has 1 aromatic heterocycles. The van der Waals surface area contributed by atoms with Gasteiger partial charge in [-0.1, -0.05) is 12.1 Å². The van der Waals surface area contributed by atoms with Crippen molar-refractivity contribution in [3.63, 3.8) is 0 Å². The second-order valence-corrected chi connectivity index (χ2v) is 5.44. The van der Waals surface area contributed by atoms with E-state index in [-0.39, 0.29) is 5.56 Å². The van der Waals surface area contributed by atoms with Crippen LogP contribution in [0.2, 0.25) is 0 Å². The number of aromatic amines is 1. The normalized spacial score (nSPS) is 14.5. The molecule has 92 valence electrons. The Labute approximate surface area is 118 Å². The van der Waals surface area contributed by atoms with Crippen LogP contribution in [0.5, 0.6) is 11.6 Å². The summed E-state index contributed by atoms with van der Waals surface area (Å²) in [5.74, 6) is 2.22. The quantitative estimate of drug-likeness (QED) is 0.862. The Balaban J connectivity index is 1.93. The fourth-order valence-corrected chi connectivity index (χ4v) is 2.19. The van der Waals surface area contributed by atoms with Crippen LogP contribution in [0, 0.1) is 3.57 Å². The minimum absolute atomic E-state index is 0.159. The van der Waals surface area contributed by atoms with Gasteiger partial charge in [-0.2, -0.15) is 4.98 Å². The third-order valence-electron chi connectivity index (χ3n) is 2.75. The van der Waals surface area contributed by atoms with E-state index in [4.69, 9.17) is 4.74 Å².